The molecule has 0 bridgehead atoms. The second-order valence-electron chi connectivity index (χ2n) is 4.11. The second-order valence-corrected chi connectivity index (χ2v) is 4.11. The minimum atomic E-state index is -0.342. The molecule has 1 aromatic rings. The summed E-state index contributed by atoms with van der Waals surface area (Å²) < 4.78 is 28.0. The number of halogens is 1. The van der Waals surface area contributed by atoms with E-state index >= 15 is 0 Å². The summed E-state index contributed by atoms with van der Waals surface area (Å²) in [5.74, 6) is -0.0490. The van der Waals surface area contributed by atoms with Crippen molar-refractivity contribution in [2.24, 2.45) is 0 Å². The van der Waals surface area contributed by atoms with Gasteiger partial charge in [-0.3, -0.25) is 4.79 Å². The Hall–Kier alpha value is -1.66. The van der Waals surface area contributed by atoms with Crippen molar-refractivity contribution >= 4 is 5.91 Å². The average molecular weight is 285 g/mol. The number of benzene rings is 1. The Morgan fingerprint density at radius 2 is 1.65 bits per heavy atom. The quantitative estimate of drug-likeness (QED) is 0.687. The van der Waals surface area contributed by atoms with Crippen LogP contribution in [0.3, 0.4) is 0 Å². The lowest BCUT2D eigenvalue weighted by atomic mass is 10.3. The molecule has 0 spiro atoms. The molecule has 0 heterocycles. The standard InChI is InChI=1S/C14H20FNO4/c1-18-9-7-16(8-10-19-2)14(17)11-20-13-5-3-12(15)4-6-13/h3-6H,7-11H2,1-2H3. The van der Waals surface area contributed by atoms with E-state index in [-0.39, 0.29) is 18.3 Å². The molecule has 0 saturated heterocycles. The van der Waals surface area contributed by atoms with E-state index in [4.69, 9.17) is 14.2 Å². The molecule has 112 valence electrons. The van der Waals surface area contributed by atoms with Gasteiger partial charge in [-0.05, 0) is 24.3 Å². The van der Waals surface area contributed by atoms with Crippen molar-refractivity contribution < 1.29 is 23.4 Å². The maximum atomic E-state index is 12.7. The lowest BCUT2D eigenvalue weighted by Crippen LogP contribution is -2.39. The topological polar surface area (TPSA) is 48.0 Å². The normalized spacial score (nSPS) is 10.3. The first-order chi connectivity index (χ1) is 9.67. The van der Waals surface area contributed by atoms with Crippen LogP contribution >= 0.6 is 0 Å². The zero-order valence-corrected chi connectivity index (χ0v) is 11.8. The SMILES string of the molecule is COCCN(CCOC)C(=O)COc1ccc(F)cc1. The maximum Gasteiger partial charge on any atom is 0.260 e. The fraction of sp³-hybridized carbons (Fsp3) is 0.500. The molecule has 0 N–H and O–H groups in total. The second kappa shape index (κ2) is 9.28. The molecular formula is C14H20FNO4. The van der Waals surface area contributed by atoms with Gasteiger partial charge in [-0.15, -0.1) is 0 Å². The van der Waals surface area contributed by atoms with Crippen LogP contribution in [0.2, 0.25) is 0 Å². The molecule has 0 fully saturated rings. The fourth-order valence-corrected chi connectivity index (χ4v) is 1.53. The molecule has 0 saturated carbocycles. The van der Waals surface area contributed by atoms with Gasteiger partial charge in [0.05, 0.1) is 13.2 Å². The van der Waals surface area contributed by atoms with E-state index in [9.17, 15) is 9.18 Å². The van der Waals surface area contributed by atoms with Crippen molar-refractivity contribution in [2.45, 2.75) is 0 Å². The minimum absolute atomic E-state index is 0.0982. The van der Waals surface area contributed by atoms with Gasteiger partial charge < -0.3 is 19.1 Å². The molecular weight excluding hydrogens is 265 g/mol. The third-order valence-corrected chi connectivity index (χ3v) is 2.66. The van der Waals surface area contributed by atoms with E-state index in [2.05, 4.69) is 0 Å². The van der Waals surface area contributed by atoms with E-state index in [1.807, 2.05) is 0 Å². The van der Waals surface area contributed by atoms with Gasteiger partial charge in [0.25, 0.3) is 5.91 Å². The van der Waals surface area contributed by atoms with Gasteiger partial charge >= 0.3 is 0 Å². The van der Waals surface area contributed by atoms with Crippen LogP contribution in [-0.4, -0.2) is 57.9 Å². The summed E-state index contributed by atoms with van der Waals surface area (Å²) in [6.45, 7) is 1.76. The van der Waals surface area contributed by atoms with Crippen LogP contribution in [0.5, 0.6) is 5.75 Å². The highest BCUT2D eigenvalue weighted by molar-refractivity contribution is 5.77. The molecule has 1 amide bonds. The van der Waals surface area contributed by atoms with Crippen molar-refractivity contribution in [3.63, 3.8) is 0 Å². The van der Waals surface area contributed by atoms with Crippen LogP contribution in [0.1, 0.15) is 0 Å². The first-order valence-electron chi connectivity index (χ1n) is 6.31. The summed E-state index contributed by atoms with van der Waals surface area (Å²) in [4.78, 5) is 13.6. The molecule has 0 aromatic heterocycles. The van der Waals surface area contributed by atoms with E-state index in [0.29, 0.717) is 32.1 Å². The number of carbonyl (C=O) groups is 1. The van der Waals surface area contributed by atoms with Crippen LogP contribution in [0, 0.1) is 5.82 Å². The summed E-state index contributed by atoms with van der Waals surface area (Å²) in [6, 6.07) is 5.54. The van der Waals surface area contributed by atoms with Gasteiger partial charge in [0.2, 0.25) is 0 Å². The molecule has 0 unspecified atom stereocenters. The average Bonchev–Trinajstić information content (AvgIpc) is 2.46. The zero-order chi connectivity index (χ0) is 14.8. The number of amides is 1. The van der Waals surface area contributed by atoms with E-state index in [1.165, 1.54) is 24.3 Å². The smallest absolute Gasteiger partial charge is 0.260 e. The molecule has 1 aromatic carbocycles. The van der Waals surface area contributed by atoms with Crippen LogP contribution < -0.4 is 4.74 Å². The van der Waals surface area contributed by atoms with Gasteiger partial charge in [-0.1, -0.05) is 0 Å². The molecule has 0 atom stereocenters. The van der Waals surface area contributed by atoms with E-state index in [1.54, 1.807) is 19.1 Å². The summed E-state index contributed by atoms with van der Waals surface area (Å²) in [5.41, 5.74) is 0. The zero-order valence-electron chi connectivity index (χ0n) is 11.8. The first kappa shape index (κ1) is 16.4. The Morgan fingerprint density at radius 3 is 2.15 bits per heavy atom. The third kappa shape index (κ3) is 5.99. The highest BCUT2D eigenvalue weighted by Crippen LogP contribution is 2.11. The molecule has 0 aliphatic rings. The molecule has 0 radical (unpaired) electrons. The van der Waals surface area contributed by atoms with Crippen molar-refractivity contribution in [3.8, 4) is 5.75 Å². The number of methoxy groups -OCH3 is 2. The van der Waals surface area contributed by atoms with E-state index < -0.39 is 0 Å². The lowest BCUT2D eigenvalue weighted by Gasteiger charge is -2.22. The third-order valence-electron chi connectivity index (χ3n) is 2.66. The Morgan fingerprint density at radius 1 is 1.10 bits per heavy atom. The number of carbonyl (C=O) groups excluding carboxylic acids is 1. The molecule has 1 rings (SSSR count). The number of nitrogens with zero attached hydrogens (tertiary/aromatic N) is 1. The van der Waals surface area contributed by atoms with Gasteiger partial charge in [-0.25, -0.2) is 4.39 Å². The molecule has 5 nitrogen and oxygen atoms in total. The van der Waals surface area contributed by atoms with Gasteiger partial charge in [0.15, 0.2) is 6.61 Å². The molecule has 0 aliphatic heterocycles. The molecule has 20 heavy (non-hydrogen) atoms. The Labute approximate surface area is 118 Å². The van der Waals surface area contributed by atoms with Gasteiger partial charge in [0.1, 0.15) is 11.6 Å². The number of rotatable bonds is 9. The number of hydrogen-bond donors (Lipinski definition) is 0. The maximum absolute atomic E-state index is 12.7. The molecule has 6 heteroatoms. The fourth-order valence-electron chi connectivity index (χ4n) is 1.53. The highest BCUT2D eigenvalue weighted by Gasteiger charge is 2.13. The minimum Gasteiger partial charge on any atom is -0.484 e. The Bertz CT molecular complexity index is 389. The van der Waals surface area contributed by atoms with Crippen LogP contribution in [-0.2, 0) is 14.3 Å². The summed E-state index contributed by atoms with van der Waals surface area (Å²) in [7, 11) is 3.15. The van der Waals surface area contributed by atoms with E-state index in [0.717, 1.165) is 0 Å². The highest BCUT2D eigenvalue weighted by atomic mass is 19.1. The van der Waals surface area contributed by atoms with Crippen LogP contribution in [0.4, 0.5) is 4.39 Å². The van der Waals surface area contributed by atoms with Crippen molar-refractivity contribution in [3.05, 3.63) is 30.1 Å². The monoisotopic (exact) mass is 285 g/mol. The summed E-state index contributed by atoms with van der Waals surface area (Å²) in [6.07, 6.45) is 0. The number of hydrogen-bond acceptors (Lipinski definition) is 4. The predicted molar refractivity (Wildman–Crippen MR) is 72.2 cm³/mol. The van der Waals surface area contributed by atoms with Crippen LogP contribution in [0.15, 0.2) is 24.3 Å². The summed E-state index contributed by atoms with van der Waals surface area (Å²) in [5, 5.41) is 0. The van der Waals surface area contributed by atoms with Gasteiger partial charge in [-0.2, -0.15) is 0 Å². The molecule has 0 aliphatic carbocycles. The van der Waals surface area contributed by atoms with Crippen molar-refractivity contribution in [1.82, 2.24) is 4.90 Å². The van der Waals surface area contributed by atoms with Crippen LogP contribution in [0.25, 0.3) is 0 Å². The van der Waals surface area contributed by atoms with Crippen molar-refractivity contribution in [1.29, 1.82) is 0 Å². The Kier molecular flexibility index (Phi) is 7.60. The lowest BCUT2D eigenvalue weighted by molar-refractivity contribution is -0.134. The summed E-state index contributed by atoms with van der Waals surface area (Å²) >= 11 is 0. The van der Waals surface area contributed by atoms with Crippen molar-refractivity contribution in [2.75, 3.05) is 47.1 Å². The number of ether oxygens (including phenoxy) is 3. The predicted octanol–water partition coefficient (Wildman–Crippen LogP) is 1.33. The van der Waals surface area contributed by atoms with Gasteiger partial charge in [0, 0.05) is 27.3 Å². The largest absolute Gasteiger partial charge is 0.484 e. The first-order valence-corrected chi connectivity index (χ1v) is 6.31. The Balaban J connectivity index is 2.45.